The summed E-state index contributed by atoms with van der Waals surface area (Å²) in [4.78, 5) is 24.6. The van der Waals surface area contributed by atoms with Gasteiger partial charge in [-0.05, 0) is 17.7 Å². The van der Waals surface area contributed by atoms with E-state index < -0.39 is 0 Å². The van der Waals surface area contributed by atoms with E-state index in [0.717, 1.165) is 11.8 Å². The molecule has 5 nitrogen and oxygen atoms in total. The van der Waals surface area contributed by atoms with E-state index in [1.165, 1.54) is 12.4 Å². The number of carbonyl (C=O) groups excluding carboxylic acids is 1. The normalized spacial score (nSPS) is 9.94. The van der Waals surface area contributed by atoms with Crippen LogP contribution >= 0.6 is 0 Å². The highest BCUT2D eigenvalue weighted by Crippen LogP contribution is 2.08. The zero-order valence-corrected chi connectivity index (χ0v) is 9.45. The molecule has 17 heavy (non-hydrogen) atoms. The molecule has 5 heteroatoms. The standard InChI is InChI=1S/C12H12N4O/c1-16(8-10-2-4-13-5-3-10)12-14-6-11(9-17)7-15-12/h2-7,9H,8H2,1H3. The van der Waals surface area contributed by atoms with E-state index >= 15 is 0 Å². The van der Waals surface area contributed by atoms with E-state index in [2.05, 4.69) is 15.0 Å². The number of carbonyl (C=O) groups is 1. The second-order valence-electron chi connectivity index (χ2n) is 3.65. The predicted octanol–water partition coefficient (Wildman–Crippen LogP) is 1.32. The van der Waals surface area contributed by atoms with Crippen molar-refractivity contribution >= 4 is 12.2 Å². The van der Waals surface area contributed by atoms with E-state index in [4.69, 9.17) is 0 Å². The average molecular weight is 228 g/mol. The lowest BCUT2D eigenvalue weighted by molar-refractivity contribution is 0.112. The number of rotatable bonds is 4. The Bertz CT molecular complexity index is 484. The van der Waals surface area contributed by atoms with Gasteiger partial charge >= 0.3 is 0 Å². The van der Waals surface area contributed by atoms with Gasteiger partial charge in [-0.2, -0.15) is 0 Å². The number of nitrogens with zero attached hydrogens (tertiary/aromatic N) is 4. The maximum Gasteiger partial charge on any atom is 0.225 e. The van der Waals surface area contributed by atoms with Gasteiger partial charge in [-0.1, -0.05) is 0 Å². The van der Waals surface area contributed by atoms with Crippen LogP contribution in [0.5, 0.6) is 0 Å². The molecule has 2 aromatic rings. The Morgan fingerprint density at radius 1 is 1.24 bits per heavy atom. The molecule has 0 aliphatic carbocycles. The number of aromatic nitrogens is 3. The molecule has 86 valence electrons. The van der Waals surface area contributed by atoms with Crippen LogP contribution in [0.15, 0.2) is 36.9 Å². The fraction of sp³-hybridized carbons (Fsp3) is 0.167. The highest BCUT2D eigenvalue weighted by atomic mass is 16.1. The number of hydrogen-bond acceptors (Lipinski definition) is 5. The van der Waals surface area contributed by atoms with Gasteiger partial charge < -0.3 is 4.90 Å². The van der Waals surface area contributed by atoms with Crippen LogP contribution in [0.4, 0.5) is 5.95 Å². The summed E-state index contributed by atoms with van der Waals surface area (Å²) >= 11 is 0. The quantitative estimate of drug-likeness (QED) is 0.739. The Balaban J connectivity index is 2.09. The van der Waals surface area contributed by atoms with E-state index in [-0.39, 0.29) is 0 Å². The van der Waals surface area contributed by atoms with Crippen molar-refractivity contribution < 1.29 is 4.79 Å². The Kier molecular flexibility index (Phi) is 3.40. The van der Waals surface area contributed by atoms with Crippen molar-refractivity contribution in [2.24, 2.45) is 0 Å². The largest absolute Gasteiger partial charge is 0.340 e. The van der Waals surface area contributed by atoms with Crippen molar-refractivity contribution in [1.82, 2.24) is 15.0 Å². The molecule has 0 aromatic carbocycles. The molecular weight excluding hydrogens is 216 g/mol. The molecule has 0 aliphatic rings. The second-order valence-corrected chi connectivity index (χ2v) is 3.65. The average Bonchev–Trinajstić information content (AvgIpc) is 2.40. The van der Waals surface area contributed by atoms with E-state index in [9.17, 15) is 4.79 Å². The monoisotopic (exact) mass is 228 g/mol. The molecule has 0 saturated heterocycles. The van der Waals surface area contributed by atoms with Gasteiger partial charge in [0, 0.05) is 38.4 Å². The molecular formula is C12H12N4O. The van der Waals surface area contributed by atoms with E-state index in [1.807, 2.05) is 24.1 Å². The summed E-state index contributed by atoms with van der Waals surface area (Å²) in [6.45, 7) is 0.697. The van der Waals surface area contributed by atoms with Gasteiger partial charge in [0.1, 0.15) is 0 Å². The molecule has 0 unspecified atom stereocenters. The smallest absolute Gasteiger partial charge is 0.225 e. The summed E-state index contributed by atoms with van der Waals surface area (Å²) in [5, 5.41) is 0. The summed E-state index contributed by atoms with van der Waals surface area (Å²) in [6, 6.07) is 3.88. The fourth-order valence-corrected chi connectivity index (χ4v) is 1.42. The molecule has 0 fully saturated rings. The van der Waals surface area contributed by atoms with Crippen molar-refractivity contribution in [2.45, 2.75) is 6.54 Å². The van der Waals surface area contributed by atoms with Crippen LogP contribution in [0, 0.1) is 0 Å². The number of aldehydes is 1. The van der Waals surface area contributed by atoms with Crippen molar-refractivity contribution in [3.8, 4) is 0 Å². The van der Waals surface area contributed by atoms with Crippen molar-refractivity contribution in [3.63, 3.8) is 0 Å². The van der Waals surface area contributed by atoms with Gasteiger partial charge in [0.05, 0.1) is 5.56 Å². The van der Waals surface area contributed by atoms with Gasteiger partial charge in [0.15, 0.2) is 6.29 Å². The first-order chi connectivity index (χ1) is 8.29. The van der Waals surface area contributed by atoms with Crippen LogP contribution < -0.4 is 4.90 Å². The van der Waals surface area contributed by atoms with Gasteiger partial charge in [0.25, 0.3) is 0 Å². The summed E-state index contributed by atoms with van der Waals surface area (Å²) in [5.74, 6) is 0.590. The summed E-state index contributed by atoms with van der Waals surface area (Å²) in [6.07, 6.45) is 7.25. The Labute approximate surface area is 99.2 Å². The molecule has 0 aliphatic heterocycles. The van der Waals surface area contributed by atoms with Crippen molar-refractivity contribution in [3.05, 3.63) is 48.0 Å². The van der Waals surface area contributed by atoms with Gasteiger partial charge in [0.2, 0.25) is 5.95 Å². The first-order valence-electron chi connectivity index (χ1n) is 5.17. The maximum absolute atomic E-state index is 10.5. The lowest BCUT2D eigenvalue weighted by Gasteiger charge is -2.16. The van der Waals surface area contributed by atoms with Crippen LogP contribution in [0.2, 0.25) is 0 Å². The zero-order valence-electron chi connectivity index (χ0n) is 9.45. The summed E-state index contributed by atoms with van der Waals surface area (Å²) in [5.41, 5.74) is 1.61. The molecule has 0 spiro atoms. The predicted molar refractivity (Wildman–Crippen MR) is 63.8 cm³/mol. The highest BCUT2D eigenvalue weighted by Gasteiger charge is 2.04. The number of hydrogen-bond donors (Lipinski definition) is 0. The number of anilines is 1. The minimum absolute atomic E-state index is 0.478. The first kappa shape index (κ1) is 11.2. The fourth-order valence-electron chi connectivity index (χ4n) is 1.42. The third-order valence-electron chi connectivity index (χ3n) is 2.30. The van der Waals surface area contributed by atoms with Crippen molar-refractivity contribution in [1.29, 1.82) is 0 Å². The Hall–Kier alpha value is -2.30. The molecule has 2 heterocycles. The van der Waals surface area contributed by atoms with Crippen LogP contribution in [0.25, 0.3) is 0 Å². The van der Waals surface area contributed by atoms with E-state index in [1.54, 1.807) is 12.4 Å². The van der Waals surface area contributed by atoms with Gasteiger partial charge in [-0.25, -0.2) is 9.97 Å². The maximum atomic E-state index is 10.5. The van der Waals surface area contributed by atoms with Crippen LogP contribution in [0.1, 0.15) is 15.9 Å². The lowest BCUT2D eigenvalue weighted by Crippen LogP contribution is -2.19. The topological polar surface area (TPSA) is 59.0 Å². The highest BCUT2D eigenvalue weighted by molar-refractivity contribution is 5.73. The molecule has 2 aromatic heterocycles. The summed E-state index contributed by atoms with van der Waals surface area (Å²) < 4.78 is 0. The molecule has 0 saturated carbocycles. The Morgan fingerprint density at radius 2 is 1.88 bits per heavy atom. The van der Waals surface area contributed by atoms with Gasteiger partial charge in [-0.3, -0.25) is 9.78 Å². The molecule has 0 bridgehead atoms. The Morgan fingerprint density at radius 3 is 2.47 bits per heavy atom. The van der Waals surface area contributed by atoms with Crippen LogP contribution in [0.3, 0.4) is 0 Å². The zero-order chi connectivity index (χ0) is 12.1. The van der Waals surface area contributed by atoms with Crippen LogP contribution in [-0.2, 0) is 6.54 Å². The van der Waals surface area contributed by atoms with Crippen molar-refractivity contribution in [2.75, 3.05) is 11.9 Å². The molecule has 0 radical (unpaired) electrons. The summed E-state index contributed by atoms with van der Waals surface area (Å²) in [7, 11) is 1.90. The third kappa shape index (κ3) is 2.84. The molecule has 0 atom stereocenters. The minimum atomic E-state index is 0.478. The first-order valence-corrected chi connectivity index (χ1v) is 5.17. The number of pyridine rings is 1. The SMILES string of the molecule is CN(Cc1ccncc1)c1ncc(C=O)cn1. The third-order valence-corrected chi connectivity index (χ3v) is 2.30. The van der Waals surface area contributed by atoms with Gasteiger partial charge in [-0.15, -0.1) is 0 Å². The lowest BCUT2D eigenvalue weighted by atomic mass is 10.2. The molecule has 0 amide bonds. The second kappa shape index (κ2) is 5.16. The molecule has 0 N–H and O–H groups in total. The molecule has 2 rings (SSSR count). The van der Waals surface area contributed by atoms with E-state index in [0.29, 0.717) is 18.1 Å². The van der Waals surface area contributed by atoms with Crippen LogP contribution in [-0.4, -0.2) is 28.3 Å². The minimum Gasteiger partial charge on any atom is -0.340 e.